The second-order valence-corrected chi connectivity index (χ2v) is 7.67. The van der Waals surface area contributed by atoms with Gasteiger partial charge < -0.3 is 24.1 Å². The van der Waals surface area contributed by atoms with Gasteiger partial charge in [0.2, 0.25) is 5.91 Å². The molecule has 32 heavy (non-hydrogen) atoms. The molecule has 1 N–H and O–H groups in total. The molecule has 0 aliphatic carbocycles. The molecule has 0 radical (unpaired) electrons. The van der Waals surface area contributed by atoms with Crippen LogP contribution in [-0.2, 0) is 16.0 Å². The Balaban J connectivity index is 1.43. The van der Waals surface area contributed by atoms with Crippen molar-refractivity contribution >= 4 is 28.3 Å². The first-order valence-corrected chi connectivity index (χ1v) is 10.5. The van der Waals surface area contributed by atoms with Crippen LogP contribution in [0.3, 0.4) is 0 Å². The highest BCUT2D eigenvalue weighted by Crippen LogP contribution is 2.26. The Bertz CT molecular complexity index is 1200. The maximum absolute atomic E-state index is 14.5. The third kappa shape index (κ3) is 4.60. The van der Waals surface area contributed by atoms with Gasteiger partial charge in [-0.05, 0) is 49.2 Å². The molecule has 1 amide bonds. The number of benzene rings is 2. The predicted molar refractivity (Wildman–Crippen MR) is 120 cm³/mol. The molecule has 1 aromatic heterocycles. The van der Waals surface area contributed by atoms with Crippen molar-refractivity contribution in [3.05, 3.63) is 63.8 Å². The lowest BCUT2D eigenvalue weighted by molar-refractivity contribution is -0.116. The predicted octanol–water partition coefficient (Wildman–Crippen LogP) is 3.66. The molecule has 3 aromatic rings. The largest absolute Gasteiger partial charge is 0.497 e. The molecule has 1 aliphatic rings. The lowest BCUT2D eigenvalue weighted by Crippen LogP contribution is -2.36. The van der Waals surface area contributed by atoms with Gasteiger partial charge in [0.15, 0.2) is 0 Å². The second-order valence-electron chi connectivity index (χ2n) is 7.67. The van der Waals surface area contributed by atoms with Crippen LogP contribution in [0.25, 0.3) is 11.0 Å². The summed E-state index contributed by atoms with van der Waals surface area (Å²) in [6, 6.07) is 9.93. The number of morpholine rings is 1. The van der Waals surface area contributed by atoms with E-state index in [1.165, 1.54) is 6.07 Å². The Kier molecular flexibility index (Phi) is 6.41. The van der Waals surface area contributed by atoms with Crippen LogP contribution in [0.15, 0.2) is 45.6 Å². The van der Waals surface area contributed by atoms with Crippen molar-refractivity contribution in [3.63, 3.8) is 0 Å². The van der Waals surface area contributed by atoms with Crippen molar-refractivity contribution in [2.45, 2.75) is 19.8 Å². The lowest BCUT2D eigenvalue weighted by Gasteiger charge is -2.29. The number of fused-ring (bicyclic) bond motifs is 1. The zero-order valence-corrected chi connectivity index (χ0v) is 18.1. The van der Waals surface area contributed by atoms with Crippen LogP contribution in [0.4, 0.5) is 15.8 Å². The molecule has 1 aliphatic heterocycles. The molecule has 0 saturated carbocycles. The number of ether oxygens (including phenoxy) is 2. The highest BCUT2D eigenvalue weighted by Gasteiger charge is 2.17. The summed E-state index contributed by atoms with van der Waals surface area (Å²) in [5.74, 6) is -0.109. The zero-order chi connectivity index (χ0) is 22.7. The van der Waals surface area contributed by atoms with Crippen molar-refractivity contribution in [1.29, 1.82) is 0 Å². The standard InChI is InChI=1S/C24H25FN2O5/c1-15-18-5-4-17(30-2)14-22(18)32-24(29)19(15)6-8-23(28)26-16-3-7-21(20(25)13-16)27-9-11-31-12-10-27/h3-5,7,13-14H,6,8-12H2,1-2H3,(H,26,28). The fourth-order valence-electron chi connectivity index (χ4n) is 3.90. The Morgan fingerprint density at radius 2 is 1.97 bits per heavy atom. The summed E-state index contributed by atoms with van der Waals surface area (Å²) in [6.07, 6.45) is 0.288. The fourth-order valence-corrected chi connectivity index (χ4v) is 3.90. The van der Waals surface area contributed by atoms with E-state index in [2.05, 4.69) is 5.32 Å². The van der Waals surface area contributed by atoms with Gasteiger partial charge >= 0.3 is 5.63 Å². The molecule has 1 saturated heterocycles. The first-order chi connectivity index (χ1) is 15.5. The molecule has 8 heteroatoms. The summed E-state index contributed by atoms with van der Waals surface area (Å²) < 4.78 is 30.4. The van der Waals surface area contributed by atoms with E-state index < -0.39 is 11.4 Å². The molecule has 1 fully saturated rings. The number of rotatable bonds is 6. The van der Waals surface area contributed by atoms with Crippen LogP contribution in [-0.4, -0.2) is 39.3 Å². The molecule has 0 bridgehead atoms. The van der Waals surface area contributed by atoms with E-state index in [0.29, 0.717) is 54.6 Å². The van der Waals surface area contributed by atoms with E-state index in [0.717, 1.165) is 10.9 Å². The average Bonchev–Trinajstić information content (AvgIpc) is 2.79. The number of amides is 1. The van der Waals surface area contributed by atoms with E-state index >= 15 is 0 Å². The van der Waals surface area contributed by atoms with E-state index in [1.807, 2.05) is 17.9 Å². The maximum Gasteiger partial charge on any atom is 0.339 e. The minimum atomic E-state index is -0.475. The third-order valence-electron chi connectivity index (χ3n) is 5.68. The van der Waals surface area contributed by atoms with Crippen LogP contribution in [0, 0.1) is 12.7 Å². The molecular weight excluding hydrogens is 415 g/mol. The molecular formula is C24H25FN2O5. The van der Waals surface area contributed by atoms with Crippen LogP contribution in [0.5, 0.6) is 5.75 Å². The second kappa shape index (κ2) is 9.40. The van der Waals surface area contributed by atoms with Gasteiger partial charge in [0.25, 0.3) is 0 Å². The Morgan fingerprint density at radius 3 is 2.69 bits per heavy atom. The van der Waals surface area contributed by atoms with Crippen molar-refractivity contribution in [1.82, 2.24) is 0 Å². The zero-order valence-electron chi connectivity index (χ0n) is 18.1. The third-order valence-corrected chi connectivity index (χ3v) is 5.68. The monoisotopic (exact) mass is 440 g/mol. The minimum Gasteiger partial charge on any atom is -0.497 e. The van der Waals surface area contributed by atoms with Crippen molar-refractivity contribution < 1.29 is 23.1 Å². The number of carbonyl (C=O) groups is 1. The van der Waals surface area contributed by atoms with Gasteiger partial charge in [-0.1, -0.05) is 0 Å². The average molecular weight is 440 g/mol. The molecule has 0 spiro atoms. The molecule has 2 heterocycles. The quantitative estimate of drug-likeness (QED) is 0.590. The van der Waals surface area contributed by atoms with Crippen LogP contribution in [0.2, 0.25) is 0 Å². The van der Waals surface area contributed by atoms with E-state index in [-0.39, 0.29) is 18.7 Å². The van der Waals surface area contributed by atoms with Crippen LogP contribution >= 0.6 is 0 Å². The minimum absolute atomic E-state index is 0.0695. The van der Waals surface area contributed by atoms with Gasteiger partial charge in [0.1, 0.15) is 17.1 Å². The van der Waals surface area contributed by atoms with Crippen LogP contribution < -0.4 is 20.6 Å². The van der Waals surface area contributed by atoms with Crippen LogP contribution in [0.1, 0.15) is 17.5 Å². The van der Waals surface area contributed by atoms with Gasteiger partial charge in [-0.15, -0.1) is 0 Å². The number of hydrogen-bond donors (Lipinski definition) is 1. The van der Waals surface area contributed by atoms with Gasteiger partial charge in [-0.2, -0.15) is 0 Å². The van der Waals surface area contributed by atoms with E-state index in [1.54, 1.807) is 31.4 Å². The van der Waals surface area contributed by atoms with Gasteiger partial charge in [-0.3, -0.25) is 4.79 Å². The number of hydrogen-bond acceptors (Lipinski definition) is 6. The summed E-state index contributed by atoms with van der Waals surface area (Å²) in [5, 5.41) is 3.50. The molecule has 2 aromatic carbocycles. The number of anilines is 2. The first-order valence-electron chi connectivity index (χ1n) is 10.5. The SMILES string of the molecule is COc1ccc2c(C)c(CCC(=O)Nc3ccc(N4CCOCC4)c(F)c3)c(=O)oc2c1. The summed E-state index contributed by atoms with van der Waals surface area (Å²) in [4.78, 5) is 26.8. The first kappa shape index (κ1) is 21.8. The lowest BCUT2D eigenvalue weighted by atomic mass is 10.0. The number of nitrogens with zero attached hydrogens (tertiary/aromatic N) is 1. The highest BCUT2D eigenvalue weighted by molar-refractivity contribution is 5.91. The highest BCUT2D eigenvalue weighted by atomic mass is 19.1. The Hall–Kier alpha value is -3.39. The molecule has 0 unspecified atom stereocenters. The topological polar surface area (TPSA) is 81.0 Å². The maximum atomic E-state index is 14.5. The van der Waals surface area contributed by atoms with Crippen molar-refractivity contribution in [2.75, 3.05) is 43.6 Å². The summed E-state index contributed by atoms with van der Waals surface area (Å²) in [7, 11) is 1.54. The van der Waals surface area contributed by atoms with Crippen molar-refractivity contribution in [2.24, 2.45) is 0 Å². The molecule has 168 valence electrons. The Labute approximate surface area is 184 Å². The molecule has 4 rings (SSSR count). The number of methoxy groups -OCH3 is 1. The Morgan fingerprint density at radius 1 is 1.19 bits per heavy atom. The summed E-state index contributed by atoms with van der Waals surface area (Å²) in [6.45, 7) is 4.21. The fraction of sp³-hybridized carbons (Fsp3) is 0.333. The number of nitrogens with one attached hydrogen (secondary N) is 1. The number of aryl methyl sites for hydroxylation is 1. The normalized spacial score (nSPS) is 13.9. The summed E-state index contributed by atoms with van der Waals surface area (Å²) >= 11 is 0. The molecule has 7 nitrogen and oxygen atoms in total. The molecule has 0 atom stereocenters. The van der Waals surface area contributed by atoms with E-state index in [9.17, 15) is 14.0 Å². The number of carbonyl (C=O) groups excluding carboxylic acids is 1. The van der Waals surface area contributed by atoms with Crippen molar-refractivity contribution in [3.8, 4) is 5.75 Å². The summed E-state index contributed by atoms with van der Waals surface area (Å²) in [5.41, 5.74) is 2.05. The van der Waals surface area contributed by atoms with Gasteiger partial charge in [0.05, 0.1) is 26.0 Å². The van der Waals surface area contributed by atoms with Gasteiger partial charge in [0, 0.05) is 42.2 Å². The van der Waals surface area contributed by atoms with Gasteiger partial charge in [-0.25, -0.2) is 9.18 Å². The smallest absolute Gasteiger partial charge is 0.339 e. The van der Waals surface area contributed by atoms with E-state index in [4.69, 9.17) is 13.9 Å². The number of halogens is 1.